The minimum atomic E-state index is -1.04. The fraction of sp³-hybridized carbons (Fsp3) is 0.0667. The van der Waals surface area contributed by atoms with Gasteiger partial charge in [-0.15, -0.1) is 0 Å². The Bertz CT molecular complexity index is 676. The second kappa shape index (κ2) is 5.44. The molecule has 0 aliphatic rings. The summed E-state index contributed by atoms with van der Waals surface area (Å²) in [6, 6.07) is 9.97. The third-order valence-electron chi connectivity index (χ3n) is 2.83. The number of aromatic hydroxyl groups is 2. The van der Waals surface area contributed by atoms with Crippen molar-refractivity contribution in [3.05, 3.63) is 59.2 Å². The maximum Gasteiger partial charge on any atom is 0.307 e. The van der Waals surface area contributed by atoms with E-state index in [9.17, 15) is 19.8 Å². The molecule has 0 unspecified atom stereocenters. The first kappa shape index (κ1) is 13.6. The highest BCUT2D eigenvalue weighted by molar-refractivity contribution is 6.11. The lowest BCUT2D eigenvalue weighted by atomic mass is 9.96. The molecule has 5 nitrogen and oxygen atoms in total. The normalized spacial score (nSPS) is 10.2. The van der Waals surface area contributed by atoms with E-state index < -0.39 is 11.8 Å². The van der Waals surface area contributed by atoms with E-state index >= 15 is 0 Å². The summed E-state index contributed by atoms with van der Waals surface area (Å²) in [4.78, 5) is 23.1. The Labute approximate surface area is 114 Å². The lowest BCUT2D eigenvalue weighted by Crippen LogP contribution is -2.09. The average molecular weight is 272 g/mol. The zero-order valence-electron chi connectivity index (χ0n) is 10.4. The molecule has 3 N–H and O–H groups in total. The van der Waals surface area contributed by atoms with Crippen LogP contribution in [0.2, 0.25) is 0 Å². The summed E-state index contributed by atoms with van der Waals surface area (Å²) in [5.74, 6) is -2.03. The minimum Gasteiger partial charge on any atom is -0.508 e. The summed E-state index contributed by atoms with van der Waals surface area (Å²) >= 11 is 0. The van der Waals surface area contributed by atoms with E-state index in [-0.39, 0.29) is 29.0 Å². The monoisotopic (exact) mass is 272 g/mol. The van der Waals surface area contributed by atoms with Gasteiger partial charge in [0.25, 0.3) is 0 Å². The van der Waals surface area contributed by atoms with Gasteiger partial charge < -0.3 is 15.3 Å². The molecular weight excluding hydrogens is 260 g/mol. The second-order valence-electron chi connectivity index (χ2n) is 4.26. The molecule has 0 saturated heterocycles. The van der Waals surface area contributed by atoms with Gasteiger partial charge >= 0.3 is 5.97 Å². The first-order valence-electron chi connectivity index (χ1n) is 5.85. The molecule has 0 radical (unpaired) electrons. The highest BCUT2D eigenvalue weighted by Crippen LogP contribution is 2.26. The van der Waals surface area contributed by atoms with Crippen LogP contribution in [0.3, 0.4) is 0 Å². The number of ketones is 1. The van der Waals surface area contributed by atoms with Crippen molar-refractivity contribution in [3.8, 4) is 11.5 Å². The van der Waals surface area contributed by atoms with Gasteiger partial charge in [-0.25, -0.2) is 0 Å². The van der Waals surface area contributed by atoms with Crippen molar-refractivity contribution in [2.75, 3.05) is 0 Å². The number of hydrogen-bond acceptors (Lipinski definition) is 4. The Morgan fingerprint density at radius 1 is 0.950 bits per heavy atom. The van der Waals surface area contributed by atoms with Gasteiger partial charge in [-0.3, -0.25) is 9.59 Å². The predicted molar refractivity (Wildman–Crippen MR) is 71.0 cm³/mol. The van der Waals surface area contributed by atoms with Crippen LogP contribution in [0.15, 0.2) is 42.5 Å². The summed E-state index contributed by atoms with van der Waals surface area (Å²) in [6.45, 7) is 0. The SMILES string of the molecule is O=C(O)Cc1ccccc1C(=O)c1ccc(O)cc1O. The Hall–Kier alpha value is -2.82. The quantitative estimate of drug-likeness (QED) is 0.739. The van der Waals surface area contributed by atoms with E-state index in [4.69, 9.17) is 5.11 Å². The third kappa shape index (κ3) is 2.77. The molecule has 102 valence electrons. The molecule has 0 bridgehead atoms. The van der Waals surface area contributed by atoms with Crippen molar-refractivity contribution in [2.45, 2.75) is 6.42 Å². The highest BCUT2D eigenvalue weighted by atomic mass is 16.4. The maximum absolute atomic E-state index is 12.3. The van der Waals surface area contributed by atoms with Crippen LogP contribution in [0.25, 0.3) is 0 Å². The van der Waals surface area contributed by atoms with Crippen molar-refractivity contribution in [3.63, 3.8) is 0 Å². The van der Waals surface area contributed by atoms with Crippen LogP contribution < -0.4 is 0 Å². The van der Waals surface area contributed by atoms with Crippen molar-refractivity contribution in [1.29, 1.82) is 0 Å². The van der Waals surface area contributed by atoms with Crippen LogP contribution in [-0.4, -0.2) is 27.1 Å². The molecule has 0 aliphatic heterocycles. The van der Waals surface area contributed by atoms with E-state index in [1.54, 1.807) is 18.2 Å². The molecule has 2 aromatic rings. The van der Waals surface area contributed by atoms with Crippen molar-refractivity contribution >= 4 is 11.8 Å². The zero-order valence-corrected chi connectivity index (χ0v) is 10.4. The minimum absolute atomic E-state index is 0.0145. The number of carbonyl (C=O) groups is 2. The van der Waals surface area contributed by atoms with Gasteiger partial charge in [0.2, 0.25) is 0 Å². The fourth-order valence-electron chi connectivity index (χ4n) is 1.92. The lowest BCUT2D eigenvalue weighted by Gasteiger charge is -2.08. The third-order valence-corrected chi connectivity index (χ3v) is 2.83. The number of carboxylic acids is 1. The van der Waals surface area contributed by atoms with Crippen LogP contribution >= 0.6 is 0 Å². The fourth-order valence-corrected chi connectivity index (χ4v) is 1.92. The Kier molecular flexibility index (Phi) is 3.70. The topological polar surface area (TPSA) is 94.8 Å². The van der Waals surface area contributed by atoms with E-state index in [1.165, 1.54) is 18.2 Å². The van der Waals surface area contributed by atoms with E-state index in [1.807, 2.05) is 0 Å². The molecule has 0 aliphatic carbocycles. The Morgan fingerprint density at radius 3 is 2.30 bits per heavy atom. The van der Waals surface area contributed by atoms with Gasteiger partial charge in [0.05, 0.1) is 12.0 Å². The number of phenols is 2. The first-order chi connectivity index (χ1) is 9.49. The van der Waals surface area contributed by atoms with Gasteiger partial charge in [-0.05, 0) is 17.7 Å². The largest absolute Gasteiger partial charge is 0.508 e. The number of hydrogen-bond donors (Lipinski definition) is 3. The Morgan fingerprint density at radius 2 is 1.65 bits per heavy atom. The molecule has 0 fully saturated rings. The summed E-state index contributed by atoms with van der Waals surface area (Å²) in [5.41, 5.74) is 0.606. The summed E-state index contributed by atoms with van der Waals surface area (Å²) in [6.07, 6.45) is -0.277. The Balaban J connectivity index is 2.45. The maximum atomic E-state index is 12.3. The van der Waals surface area contributed by atoms with E-state index in [2.05, 4.69) is 0 Å². The first-order valence-corrected chi connectivity index (χ1v) is 5.85. The van der Waals surface area contributed by atoms with E-state index in [0.29, 0.717) is 5.56 Å². The predicted octanol–water partition coefficient (Wildman–Crippen LogP) is 1.96. The van der Waals surface area contributed by atoms with Gasteiger partial charge in [0.15, 0.2) is 5.78 Å². The number of carbonyl (C=O) groups excluding carboxylic acids is 1. The van der Waals surface area contributed by atoms with Crippen LogP contribution in [0.4, 0.5) is 0 Å². The smallest absolute Gasteiger partial charge is 0.307 e. The van der Waals surface area contributed by atoms with Gasteiger partial charge in [0.1, 0.15) is 11.5 Å². The average Bonchev–Trinajstić information content (AvgIpc) is 2.38. The number of carboxylic acid groups (broad SMARTS) is 1. The molecule has 20 heavy (non-hydrogen) atoms. The standard InChI is InChI=1S/C15H12O5/c16-10-5-6-12(13(17)8-10)15(20)11-4-2-1-3-9(11)7-14(18)19/h1-6,8,16-17H,7H2,(H,18,19). The van der Waals surface area contributed by atoms with Gasteiger partial charge in [0, 0.05) is 11.6 Å². The van der Waals surface area contributed by atoms with Crippen molar-refractivity contribution in [2.24, 2.45) is 0 Å². The number of rotatable bonds is 4. The molecule has 0 spiro atoms. The highest BCUT2D eigenvalue weighted by Gasteiger charge is 2.18. The van der Waals surface area contributed by atoms with Crippen LogP contribution in [0, 0.1) is 0 Å². The summed E-state index contributed by atoms with van der Waals surface area (Å²) in [7, 11) is 0. The summed E-state index contributed by atoms with van der Waals surface area (Å²) in [5, 5.41) is 27.8. The van der Waals surface area contributed by atoms with E-state index in [0.717, 1.165) is 6.07 Å². The van der Waals surface area contributed by atoms with Gasteiger partial charge in [-0.1, -0.05) is 24.3 Å². The molecule has 2 rings (SSSR count). The van der Waals surface area contributed by atoms with Crippen LogP contribution in [0.5, 0.6) is 11.5 Å². The molecule has 0 atom stereocenters. The lowest BCUT2D eigenvalue weighted by molar-refractivity contribution is -0.136. The number of aliphatic carboxylic acids is 1. The van der Waals surface area contributed by atoms with Crippen LogP contribution in [-0.2, 0) is 11.2 Å². The molecular formula is C15H12O5. The molecule has 0 saturated carbocycles. The second-order valence-corrected chi connectivity index (χ2v) is 4.26. The molecule has 5 heteroatoms. The number of benzene rings is 2. The van der Waals surface area contributed by atoms with Crippen LogP contribution in [0.1, 0.15) is 21.5 Å². The molecule has 0 heterocycles. The number of phenolic OH excluding ortho intramolecular Hbond substituents is 2. The zero-order chi connectivity index (χ0) is 14.7. The molecule has 0 aromatic heterocycles. The molecule has 2 aromatic carbocycles. The van der Waals surface area contributed by atoms with Gasteiger partial charge in [-0.2, -0.15) is 0 Å². The van der Waals surface area contributed by atoms with Crippen molar-refractivity contribution in [1.82, 2.24) is 0 Å². The van der Waals surface area contributed by atoms with Crippen molar-refractivity contribution < 1.29 is 24.9 Å². The molecule has 0 amide bonds. The summed E-state index contributed by atoms with van der Waals surface area (Å²) < 4.78 is 0.